The Morgan fingerprint density at radius 2 is 0.917 bits per heavy atom. The van der Waals surface area contributed by atoms with Gasteiger partial charge in [-0.3, -0.25) is 0 Å². The molecule has 13 rings (SSSR count). The number of hydrogen-bond donors (Lipinski definition) is 0. The number of benzene rings is 11. The van der Waals surface area contributed by atoms with Gasteiger partial charge in [-0.25, -0.2) is 0 Å². The molecule has 60 heavy (non-hydrogen) atoms. The third-order valence-corrected chi connectivity index (χ3v) is 13.3. The van der Waals surface area contributed by atoms with Gasteiger partial charge in [0.2, 0.25) is 0 Å². The maximum Gasteiger partial charge on any atom is 0.135 e. The predicted octanol–water partition coefficient (Wildman–Crippen LogP) is 15.9. The van der Waals surface area contributed by atoms with Crippen LogP contribution in [0.5, 0.6) is 0 Å². The molecule has 1 aliphatic rings. The van der Waals surface area contributed by atoms with Crippen LogP contribution in [-0.2, 0) is 5.41 Å². The molecule has 11 aromatic carbocycles. The third-order valence-electron chi connectivity index (χ3n) is 13.3. The molecule has 0 saturated heterocycles. The zero-order valence-corrected chi connectivity index (χ0v) is 32.7. The molecule has 1 nitrogen and oxygen atoms in total. The van der Waals surface area contributed by atoms with E-state index in [1.165, 1.54) is 98.7 Å². The van der Waals surface area contributed by atoms with Gasteiger partial charge in [-0.15, -0.1) is 0 Å². The van der Waals surface area contributed by atoms with E-state index >= 15 is 0 Å². The standard InChI is InChI=1S/C59H36O/c1-3-17-42(18-4-1)59(43-19-5-2-6-20-43)54-35-41(58-46-22-10-8-15-38(46)32-51-44-21-9-7-14-37(44)26-30-49(51)58)27-29-47(54)52-36-50-39(34-55(52)59)16-13-24-45(50)40-28-31-57-53(33-40)48-23-11-12-25-56(48)60-57/h1-36H. The minimum absolute atomic E-state index is 0.560. The molecule has 0 amide bonds. The zero-order valence-electron chi connectivity index (χ0n) is 32.7. The first-order valence-electron chi connectivity index (χ1n) is 20.8. The monoisotopic (exact) mass is 760 g/mol. The molecule has 1 heteroatoms. The van der Waals surface area contributed by atoms with Gasteiger partial charge in [0.05, 0.1) is 5.41 Å². The van der Waals surface area contributed by atoms with Crippen LogP contribution in [0.4, 0.5) is 0 Å². The smallest absolute Gasteiger partial charge is 0.135 e. The molecule has 1 aliphatic carbocycles. The van der Waals surface area contributed by atoms with Crippen LogP contribution in [0.1, 0.15) is 22.3 Å². The maximum absolute atomic E-state index is 6.25. The summed E-state index contributed by atoms with van der Waals surface area (Å²) in [6, 6.07) is 81.0. The summed E-state index contributed by atoms with van der Waals surface area (Å²) in [5, 5.41) is 12.3. The highest BCUT2D eigenvalue weighted by Gasteiger charge is 2.46. The third kappa shape index (κ3) is 4.63. The van der Waals surface area contributed by atoms with Crippen molar-refractivity contribution in [1.29, 1.82) is 0 Å². The molecule has 0 N–H and O–H groups in total. The van der Waals surface area contributed by atoms with Gasteiger partial charge >= 0.3 is 0 Å². The van der Waals surface area contributed by atoms with Crippen molar-refractivity contribution in [2.24, 2.45) is 0 Å². The first-order chi connectivity index (χ1) is 29.7. The van der Waals surface area contributed by atoms with Crippen LogP contribution < -0.4 is 0 Å². The van der Waals surface area contributed by atoms with Gasteiger partial charge in [-0.2, -0.15) is 0 Å². The molecule has 0 spiro atoms. The van der Waals surface area contributed by atoms with E-state index in [-0.39, 0.29) is 0 Å². The Bertz CT molecular complexity index is 3660. The molecule has 12 aromatic rings. The van der Waals surface area contributed by atoms with E-state index in [4.69, 9.17) is 4.42 Å². The second kappa shape index (κ2) is 12.6. The molecule has 0 aliphatic heterocycles. The van der Waals surface area contributed by atoms with Crippen LogP contribution in [0.2, 0.25) is 0 Å². The molecule has 0 bridgehead atoms. The predicted molar refractivity (Wildman–Crippen MR) is 252 cm³/mol. The van der Waals surface area contributed by atoms with Crippen molar-refractivity contribution in [1.82, 2.24) is 0 Å². The van der Waals surface area contributed by atoms with E-state index in [0.29, 0.717) is 0 Å². The van der Waals surface area contributed by atoms with Crippen molar-refractivity contribution >= 4 is 65.0 Å². The summed E-state index contributed by atoms with van der Waals surface area (Å²) < 4.78 is 6.25. The highest BCUT2D eigenvalue weighted by molar-refractivity contribution is 6.20. The first-order valence-corrected chi connectivity index (χ1v) is 20.8. The molecule has 0 atom stereocenters. The lowest BCUT2D eigenvalue weighted by Crippen LogP contribution is -2.28. The average Bonchev–Trinajstić information content (AvgIpc) is 3.83. The van der Waals surface area contributed by atoms with Crippen molar-refractivity contribution in [2.45, 2.75) is 5.41 Å². The van der Waals surface area contributed by atoms with E-state index in [0.717, 1.165) is 21.9 Å². The van der Waals surface area contributed by atoms with Gasteiger partial charge in [0.25, 0.3) is 0 Å². The second-order valence-corrected chi connectivity index (χ2v) is 16.3. The van der Waals surface area contributed by atoms with Crippen molar-refractivity contribution in [3.8, 4) is 33.4 Å². The largest absolute Gasteiger partial charge is 0.456 e. The minimum Gasteiger partial charge on any atom is -0.456 e. The lowest BCUT2D eigenvalue weighted by Gasteiger charge is -2.34. The Balaban J connectivity index is 1.12. The van der Waals surface area contributed by atoms with Gasteiger partial charge in [-0.05, 0) is 141 Å². The molecule has 0 fully saturated rings. The average molecular weight is 761 g/mol. The maximum atomic E-state index is 6.25. The highest BCUT2D eigenvalue weighted by Crippen LogP contribution is 2.58. The zero-order chi connectivity index (χ0) is 39.4. The molecule has 0 unspecified atom stereocenters. The fourth-order valence-electron chi connectivity index (χ4n) is 10.7. The van der Waals surface area contributed by atoms with E-state index in [1.807, 2.05) is 6.07 Å². The Labute approximate surface area is 347 Å². The lowest BCUT2D eigenvalue weighted by atomic mass is 9.67. The summed E-state index contributed by atoms with van der Waals surface area (Å²) >= 11 is 0. The SMILES string of the molecule is c1ccc(C2(c3ccccc3)c3cc(-c4c5ccccc5cc5c4ccc4ccccc45)ccc3-c3cc4c(-c5ccc6oc7ccccc7c6c5)cccc4cc32)cc1. The molecule has 1 aromatic heterocycles. The van der Waals surface area contributed by atoms with E-state index in [2.05, 4.69) is 212 Å². The van der Waals surface area contributed by atoms with Crippen LogP contribution in [0.25, 0.3) is 98.4 Å². The molecule has 0 radical (unpaired) electrons. The number of furan rings is 1. The Kier molecular flexibility index (Phi) is 7.00. The molecule has 0 saturated carbocycles. The summed E-state index contributed by atoms with van der Waals surface area (Å²) in [7, 11) is 0. The fraction of sp³-hybridized carbons (Fsp3) is 0.0169. The Morgan fingerprint density at radius 1 is 0.283 bits per heavy atom. The van der Waals surface area contributed by atoms with Gasteiger partial charge < -0.3 is 4.42 Å². The number of rotatable bonds is 4. The second-order valence-electron chi connectivity index (χ2n) is 16.3. The fourth-order valence-corrected chi connectivity index (χ4v) is 10.7. The van der Waals surface area contributed by atoms with Gasteiger partial charge in [-0.1, -0.05) is 176 Å². The molecule has 278 valence electrons. The van der Waals surface area contributed by atoms with Crippen LogP contribution in [0, 0.1) is 0 Å². The first kappa shape index (κ1) is 33.3. The van der Waals surface area contributed by atoms with Crippen molar-refractivity contribution in [3.05, 3.63) is 241 Å². The summed E-state index contributed by atoms with van der Waals surface area (Å²) in [4.78, 5) is 0. The van der Waals surface area contributed by atoms with Crippen LogP contribution in [-0.4, -0.2) is 0 Å². The summed E-state index contributed by atoms with van der Waals surface area (Å²) in [5.74, 6) is 0. The number of para-hydroxylation sites is 1. The van der Waals surface area contributed by atoms with E-state index in [9.17, 15) is 0 Å². The summed E-state index contributed by atoms with van der Waals surface area (Å²) in [6.45, 7) is 0. The van der Waals surface area contributed by atoms with Crippen molar-refractivity contribution < 1.29 is 4.42 Å². The Hall–Kier alpha value is -7.74. The van der Waals surface area contributed by atoms with Gasteiger partial charge in [0.15, 0.2) is 0 Å². The van der Waals surface area contributed by atoms with Gasteiger partial charge in [0, 0.05) is 10.8 Å². The van der Waals surface area contributed by atoms with Crippen LogP contribution >= 0.6 is 0 Å². The van der Waals surface area contributed by atoms with Crippen LogP contribution in [0.3, 0.4) is 0 Å². The highest BCUT2D eigenvalue weighted by atomic mass is 16.3. The van der Waals surface area contributed by atoms with Crippen molar-refractivity contribution in [3.63, 3.8) is 0 Å². The number of fused-ring (bicyclic) bond motifs is 11. The topological polar surface area (TPSA) is 13.1 Å². The summed E-state index contributed by atoms with van der Waals surface area (Å²) in [5.41, 5.74) is 13.8. The lowest BCUT2D eigenvalue weighted by molar-refractivity contribution is 0.669. The van der Waals surface area contributed by atoms with Crippen molar-refractivity contribution in [2.75, 3.05) is 0 Å². The minimum atomic E-state index is -0.560. The Morgan fingerprint density at radius 3 is 1.73 bits per heavy atom. The summed E-state index contributed by atoms with van der Waals surface area (Å²) in [6.07, 6.45) is 0. The molecule has 1 heterocycles. The molecular formula is C59H36O. The van der Waals surface area contributed by atoms with E-state index in [1.54, 1.807) is 0 Å². The van der Waals surface area contributed by atoms with Crippen LogP contribution in [0.15, 0.2) is 223 Å². The number of hydrogen-bond acceptors (Lipinski definition) is 1. The van der Waals surface area contributed by atoms with Gasteiger partial charge in [0.1, 0.15) is 11.2 Å². The molecular weight excluding hydrogens is 725 g/mol. The van der Waals surface area contributed by atoms with E-state index < -0.39 is 5.41 Å². The quantitative estimate of drug-likeness (QED) is 0.129. The normalized spacial score (nSPS) is 13.1.